The lowest BCUT2D eigenvalue weighted by atomic mass is 10.1. The number of ketones is 1. The van der Waals surface area contributed by atoms with E-state index in [2.05, 4.69) is 0 Å². The maximum Gasteiger partial charge on any atom is 0.137 e. The minimum Gasteiger partial charge on any atom is -0.382 e. The molecule has 0 fully saturated rings. The van der Waals surface area contributed by atoms with Crippen LogP contribution in [0.25, 0.3) is 0 Å². The minimum absolute atomic E-state index is 0.0956. The van der Waals surface area contributed by atoms with Gasteiger partial charge in [0.1, 0.15) is 11.6 Å². The van der Waals surface area contributed by atoms with Crippen molar-refractivity contribution in [3.05, 3.63) is 34.6 Å². The van der Waals surface area contributed by atoms with E-state index in [9.17, 15) is 9.18 Å². The molecule has 0 aliphatic heterocycles. The van der Waals surface area contributed by atoms with Crippen molar-refractivity contribution in [3.63, 3.8) is 0 Å². The molecule has 0 aromatic heterocycles. The lowest BCUT2D eigenvalue weighted by Crippen LogP contribution is -2.05. The summed E-state index contributed by atoms with van der Waals surface area (Å²) in [6.07, 6.45) is 1.43. The van der Waals surface area contributed by atoms with Gasteiger partial charge in [0.05, 0.1) is 0 Å². The Hall–Kier alpha value is -0.930. The predicted molar refractivity (Wildman–Crippen MR) is 65.8 cm³/mol. The number of hydrogen-bond acceptors (Lipinski definition) is 2. The number of benzene rings is 1. The highest BCUT2D eigenvalue weighted by Gasteiger charge is 2.07. The van der Waals surface area contributed by atoms with Gasteiger partial charge in [0.25, 0.3) is 0 Å². The standard InChI is InChI=1S/C13H16ClFO2/c1-2-17-7-3-4-12(16)8-10-5-6-11(15)9-13(10)14/h5-6,9H,2-4,7-8H2,1H3. The summed E-state index contributed by atoms with van der Waals surface area (Å²) in [7, 11) is 0. The summed E-state index contributed by atoms with van der Waals surface area (Å²) in [6.45, 7) is 3.18. The normalized spacial score (nSPS) is 10.5. The summed E-state index contributed by atoms with van der Waals surface area (Å²) >= 11 is 5.84. The summed E-state index contributed by atoms with van der Waals surface area (Å²) in [5.74, 6) is -0.291. The minimum atomic E-state index is -0.387. The zero-order chi connectivity index (χ0) is 12.7. The van der Waals surface area contributed by atoms with Crippen molar-refractivity contribution in [2.75, 3.05) is 13.2 Å². The van der Waals surface area contributed by atoms with E-state index >= 15 is 0 Å². The van der Waals surface area contributed by atoms with Crippen LogP contribution in [0.15, 0.2) is 18.2 Å². The first-order chi connectivity index (χ1) is 8.13. The monoisotopic (exact) mass is 258 g/mol. The predicted octanol–water partition coefficient (Wildman–Crippen LogP) is 3.41. The topological polar surface area (TPSA) is 26.3 Å². The molecule has 0 atom stereocenters. The van der Waals surface area contributed by atoms with Gasteiger partial charge in [-0.25, -0.2) is 4.39 Å². The van der Waals surface area contributed by atoms with Crippen LogP contribution in [0.1, 0.15) is 25.3 Å². The van der Waals surface area contributed by atoms with Gasteiger partial charge in [0.2, 0.25) is 0 Å². The zero-order valence-corrected chi connectivity index (χ0v) is 10.6. The first-order valence-electron chi connectivity index (χ1n) is 5.67. The van der Waals surface area contributed by atoms with E-state index < -0.39 is 0 Å². The molecule has 1 rings (SSSR count). The molecular weight excluding hydrogens is 243 g/mol. The third-order valence-corrected chi connectivity index (χ3v) is 2.70. The Morgan fingerprint density at radius 1 is 1.47 bits per heavy atom. The van der Waals surface area contributed by atoms with Crippen LogP contribution >= 0.6 is 11.6 Å². The number of hydrogen-bond donors (Lipinski definition) is 0. The van der Waals surface area contributed by atoms with Crippen LogP contribution in [-0.2, 0) is 16.0 Å². The van der Waals surface area contributed by atoms with E-state index in [1.54, 1.807) is 6.07 Å². The van der Waals surface area contributed by atoms with Crippen LogP contribution in [0, 0.1) is 5.82 Å². The van der Waals surface area contributed by atoms with Crippen LogP contribution in [0.3, 0.4) is 0 Å². The van der Waals surface area contributed by atoms with Gasteiger partial charge in [-0.2, -0.15) is 0 Å². The molecule has 0 heterocycles. The maximum absolute atomic E-state index is 12.8. The molecule has 0 saturated heterocycles. The highest BCUT2D eigenvalue weighted by Crippen LogP contribution is 2.18. The van der Waals surface area contributed by atoms with E-state index in [1.165, 1.54) is 12.1 Å². The molecule has 1 aromatic carbocycles. The highest BCUT2D eigenvalue weighted by atomic mass is 35.5. The highest BCUT2D eigenvalue weighted by molar-refractivity contribution is 6.31. The van der Waals surface area contributed by atoms with Gasteiger partial charge in [0.15, 0.2) is 0 Å². The second-order valence-corrected chi connectivity index (χ2v) is 4.16. The van der Waals surface area contributed by atoms with Crippen molar-refractivity contribution < 1.29 is 13.9 Å². The number of carbonyl (C=O) groups is 1. The molecule has 0 amide bonds. The van der Waals surface area contributed by atoms with E-state index in [0.29, 0.717) is 36.6 Å². The van der Waals surface area contributed by atoms with E-state index in [4.69, 9.17) is 16.3 Å². The summed E-state index contributed by atoms with van der Waals surface area (Å²) in [5.41, 5.74) is 0.675. The van der Waals surface area contributed by atoms with Crippen LogP contribution in [-0.4, -0.2) is 19.0 Å². The van der Waals surface area contributed by atoms with Gasteiger partial charge >= 0.3 is 0 Å². The first-order valence-corrected chi connectivity index (χ1v) is 6.04. The molecule has 17 heavy (non-hydrogen) atoms. The average molecular weight is 259 g/mol. The second-order valence-electron chi connectivity index (χ2n) is 3.75. The van der Waals surface area contributed by atoms with Crippen LogP contribution in [0.4, 0.5) is 4.39 Å². The average Bonchev–Trinajstić information content (AvgIpc) is 2.28. The second kappa shape index (κ2) is 7.41. The fraction of sp³-hybridized carbons (Fsp3) is 0.462. The molecule has 0 aliphatic carbocycles. The summed E-state index contributed by atoms with van der Waals surface area (Å²) in [4.78, 5) is 11.6. The van der Waals surface area contributed by atoms with E-state index in [-0.39, 0.29) is 18.0 Å². The molecule has 0 unspecified atom stereocenters. The molecule has 1 aromatic rings. The maximum atomic E-state index is 12.8. The number of halogens is 2. The molecule has 0 bridgehead atoms. The first kappa shape index (κ1) is 14.1. The van der Waals surface area contributed by atoms with Crippen molar-refractivity contribution in [2.24, 2.45) is 0 Å². The van der Waals surface area contributed by atoms with Crippen molar-refractivity contribution >= 4 is 17.4 Å². The number of Topliss-reactive ketones (excluding diaryl/α,β-unsaturated/α-hetero) is 1. The van der Waals surface area contributed by atoms with E-state index in [1.807, 2.05) is 6.92 Å². The molecule has 0 spiro atoms. The van der Waals surface area contributed by atoms with Gasteiger partial charge in [-0.15, -0.1) is 0 Å². The van der Waals surface area contributed by atoms with Gasteiger partial charge in [-0.05, 0) is 31.0 Å². The molecule has 0 saturated carbocycles. The number of ether oxygens (including phenoxy) is 1. The number of carbonyl (C=O) groups excluding carboxylic acids is 1. The molecule has 0 N–H and O–H groups in total. The fourth-order valence-electron chi connectivity index (χ4n) is 1.48. The Labute approximate surface area is 106 Å². The van der Waals surface area contributed by atoms with Gasteiger partial charge in [0, 0.05) is 31.1 Å². The summed E-state index contributed by atoms with van der Waals surface area (Å²) in [5, 5.41) is 0.308. The van der Waals surface area contributed by atoms with Gasteiger partial charge in [-0.1, -0.05) is 17.7 Å². The van der Waals surface area contributed by atoms with Crippen LogP contribution in [0.2, 0.25) is 5.02 Å². The Morgan fingerprint density at radius 2 is 2.24 bits per heavy atom. The fourth-order valence-corrected chi connectivity index (χ4v) is 1.72. The molecular formula is C13H16ClFO2. The quantitative estimate of drug-likeness (QED) is 0.701. The molecule has 2 nitrogen and oxygen atoms in total. The molecule has 94 valence electrons. The molecule has 4 heteroatoms. The van der Waals surface area contributed by atoms with Gasteiger partial charge in [-0.3, -0.25) is 4.79 Å². The third kappa shape index (κ3) is 5.29. The summed E-state index contributed by atoms with van der Waals surface area (Å²) in [6, 6.07) is 4.09. The van der Waals surface area contributed by atoms with Crippen molar-refractivity contribution in [2.45, 2.75) is 26.2 Å². The Bertz CT molecular complexity index is 380. The summed E-state index contributed by atoms with van der Waals surface area (Å²) < 4.78 is 17.9. The van der Waals surface area contributed by atoms with Gasteiger partial charge < -0.3 is 4.74 Å². The Morgan fingerprint density at radius 3 is 2.88 bits per heavy atom. The van der Waals surface area contributed by atoms with Crippen molar-refractivity contribution in [1.29, 1.82) is 0 Å². The van der Waals surface area contributed by atoms with Crippen LogP contribution in [0.5, 0.6) is 0 Å². The number of rotatable bonds is 7. The smallest absolute Gasteiger partial charge is 0.137 e. The zero-order valence-electron chi connectivity index (χ0n) is 9.84. The van der Waals surface area contributed by atoms with E-state index in [0.717, 1.165) is 0 Å². The Balaban J connectivity index is 2.40. The van der Waals surface area contributed by atoms with Crippen molar-refractivity contribution in [3.8, 4) is 0 Å². The molecule has 0 radical (unpaired) electrons. The lowest BCUT2D eigenvalue weighted by Gasteiger charge is -2.04. The Kier molecular flexibility index (Phi) is 6.16. The van der Waals surface area contributed by atoms with Crippen LogP contribution < -0.4 is 0 Å². The third-order valence-electron chi connectivity index (χ3n) is 2.35. The SMILES string of the molecule is CCOCCCC(=O)Cc1ccc(F)cc1Cl. The largest absolute Gasteiger partial charge is 0.382 e. The lowest BCUT2D eigenvalue weighted by molar-refractivity contribution is -0.118. The molecule has 0 aliphatic rings. The van der Waals surface area contributed by atoms with Crippen molar-refractivity contribution in [1.82, 2.24) is 0 Å².